The number of hydrogen-bond donors (Lipinski definition) is 6. The van der Waals surface area contributed by atoms with Crippen LogP contribution in [0.1, 0.15) is 32.1 Å². The van der Waals surface area contributed by atoms with Crippen molar-refractivity contribution in [2.24, 2.45) is 11.5 Å². The van der Waals surface area contributed by atoms with Crippen LogP contribution in [0, 0.1) is 0 Å². The van der Waals surface area contributed by atoms with E-state index in [9.17, 15) is 33.9 Å². The standard InChI is InChI=1S/C18H29N5O8S/c1-32-6-4-10(18(30)31)21-16(28)12-3-2-5-23(12)17(29)11(8-14(25)26)22-15(27)9(19)7-13(20)24/h9-12H,2-8,19H2,1H3,(H2,20,24)(H,21,28)(H,22,27)(H,25,26)(H,30,31). The molecular formula is C18H29N5O8S. The quantitative estimate of drug-likeness (QED) is 0.164. The minimum absolute atomic E-state index is 0.124. The van der Waals surface area contributed by atoms with Crippen molar-refractivity contribution in [1.29, 1.82) is 0 Å². The molecule has 1 aliphatic heterocycles. The summed E-state index contributed by atoms with van der Waals surface area (Å²) in [6.45, 7) is 0.124. The average molecular weight is 476 g/mol. The first-order valence-electron chi connectivity index (χ1n) is 9.86. The van der Waals surface area contributed by atoms with Crippen LogP contribution in [0.25, 0.3) is 0 Å². The van der Waals surface area contributed by atoms with Gasteiger partial charge in [-0.2, -0.15) is 11.8 Å². The van der Waals surface area contributed by atoms with Gasteiger partial charge in [0.1, 0.15) is 18.1 Å². The van der Waals surface area contributed by atoms with Crippen LogP contribution >= 0.6 is 11.8 Å². The molecule has 32 heavy (non-hydrogen) atoms. The van der Waals surface area contributed by atoms with Gasteiger partial charge in [-0.1, -0.05) is 0 Å². The van der Waals surface area contributed by atoms with Gasteiger partial charge in [0.05, 0.1) is 18.9 Å². The highest BCUT2D eigenvalue weighted by Gasteiger charge is 2.39. The molecule has 0 spiro atoms. The largest absolute Gasteiger partial charge is 0.481 e. The average Bonchev–Trinajstić information content (AvgIpc) is 3.18. The number of nitrogens with zero attached hydrogens (tertiary/aromatic N) is 1. The number of primary amides is 1. The van der Waals surface area contributed by atoms with Crippen molar-refractivity contribution in [1.82, 2.24) is 15.5 Å². The summed E-state index contributed by atoms with van der Waals surface area (Å²) in [5.41, 5.74) is 10.5. The Balaban J connectivity index is 2.94. The maximum absolute atomic E-state index is 13.0. The van der Waals surface area contributed by atoms with Crippen LogP contribution < -0.4 is 22.1 Å². The Bertz CT molecular complexity index is 749. The fourth-order valence-corrected chi connectivity index (χ4v) is 3.70. The van der Waals surface area contributed by atoms with Crippen LogP contribution in [0.15, 0.2) is 0 Å². The van der Waals surface area contributed by atoms with E-state index in [1.54, 1.807) is 6.26 Å². The van der Waals surface area contributed by atoms with Gasteiger partial charge in [0, 0.05) is 6.54 Å². The summed E-state index contributed by atoms with van der Waals surface area (Å²) in [6.07, 6.45) is 1.40. The van der Waals surface area contributed by atoms with Crippen molar-refractivity contribution in [2.75, 3.05) is 18.6 Å². The summed E-state index contributed by atoms with van der Waals surface area (Å²) in [7, 11) is 0. The molecule has 180 valence electrons. The Morgan fingerprint density at radius 3 is 2.28 bits per heavy atom. The van der Waals surface area contributed by atoms with Crippen LogP contribution in [0.2, 0.25) is 0 Å². The Morgan fingerprint density at radius 2 is 1.75 bits per heavy atom. The predicted molar refractivity (Wildman–Crippen MR) is 113 cm³/mol. The molecule has 0 aromatic heterocycles. The molecule has 4 unspecified atom stereocenters. The molecule has 1 aliphatic rings. The summed E-state index contributed by atoms with van der Waals surface area (Å²) in [4.78, 5) is 72.5. The lowest BCUT2D eigenvalue weighted by Crippen LogP contribution is -2.57. The first kappa shape index (κ1) is 27.2. The molecule has 0 bridgehead atoms. The van der Waals surface area contributed by atoms with Gasteiger partial charge in [-0.25, -0.2) is 4.79 Å². The van der Waals surface area contributed by atoms with Gasteiger partial charge >= 0.3 is 11.9 Å². The van der Waals surface area contributed by atoms with Gasteiger partial charge in [-0.05, 0) is 31.3 Å². The van der Waals surface area contributed by atoms with E-state index in [4.69, 9.17) is 16.6 Å². The van der Waals surface area contributed by atoms with Gasteiger partial charge in [0.25, 0.3) is 0 Å². The number of thioether (sulfide) groups is 1. The maximum atomic E-state index is 13.0. The summed E-state index contributed by atoms with van der Waals surface area (Å²) in [5.74, 6) is -5.36. The fourth-order valence-electron chi connectivity index (χ4n) is 3.23. The van der Waals surface area contributed by atoms with Gasteiger partial charge in [-0.3, -0.25) is 24.0 Å². The van der Waals surface area contributed by atoms with Crippen LogP contribution in [0.5, 0.6) is 0 Å². The molecule has 8 N–H and O–H groups in total. The Hall–Kier alpha value is -2.87. The first-order chi connectivity index (χ1) is 15.0. The summed E-state index contributed by atoms with van der Waals surface area (Å²) < 4.78 is 0. The molecule has 0 radical (unpaired) electrons. The van der Waals surface area contributed by atoms with Crippen LogP contribution in [-0.2, 0) is 28.8 Å². The number of aliphatic carboxylic acids is 2. The van der Waals surface area contributed by atoms with E-state index in [0.29, 0.717) is 12.2 Å². The summed E-state index contributed by atoms with van der Waals surface area (Å²) >= 11 is 1.42. The SMILES string of the molecule is CSCCC(NC(=O)C1CCCN1C(=O)C(CC(=O)O)NC(=O)C(N)CC(N)=O)C(=O)O. The number of nitrogens with one attached hydrogen (secondary N) is 2. The third-order valence-corrected chi connectivity index (χ3v) is 5.46. The van der Waals surface area contributed by atoms with Crippen LogP contribution in [-0.4, -0.2) is 93.4 Å². The number of carboxylic acids is 2. The second-order valence-corrected chi connectivity index (χ2v) is 8.29. The van der Waals surface area contributed by atoms with Crippen molar-refractivity contribution in [3.8, 4) is 0 Å². The lowest BCUT2D eigenvalue weighted by molar-refractivity contribution is -0.147. The molecule has 0 aromatic rings. The van der Waals surface area contributed by atoms with E-state index >= 15 is 0 Å². The van der Waals surface area contributed by atoms with Crippen molar-refractivity contribution < 1.29 is 39.0 Å². The topological polar surface area (TPSA) is 222 Å². The lowest BCUT2D eigenvalue weighted by Gasteiger charge is -2.29. The molecule has 14 heteroatoms. The number of nitrogens with two attached hydrogens (primary N) is 2. The first-order valence-corrected chi connectivity index (χ1v) is 11.3. The van der Waals surface area contributed by atoms with Gasteiger partial charge < -0.3 is 37.2 Å². The molecule has 1 fully saturated rings. The minimum Gasteiger partial charge on any atom is -0.481 e. The zero-order chi connectivity index (χ0) is 24.4. The molecule has 13 nitrogen and oxygen atoms in total. The minimum atomic E-state index is -1.53. The molecule has 1 rings (SSSR count). The van der Waals surface area contributed by atoms with Gasteiger partial charge in [-0.15, -0.1) is 0 Å². The van der Waals surface area contributed by atoms with E-state index in [1.165, 1.54) is 11.8 Å². The Labute approximate surface area is 188 Å². The molecule has 1 saturated heterocycles. The fraction of sp³-hybridized carbons (Fsp3) is 0.667. The van der Waals surface area contributed by atoms with Crippen molar-refractivity contribution in [2.45, 2.75) is 56.3 Å². The van der Waals surface area contributed by atoms with Gasteiger partial charge in [0.2, 0.25) is 23.6 Å². The smallest absolute Gasteiger partial charge is 0.326 e. The molecule has 0 aromatic carbocycles. The molecule has 1 heterocycles. The van der Waals surface area contributed by atoms with Crippen molar-refractivity contribution in [3.05, 3.63) is 0 Å². The molecule has 0 aliphatic carbocycles. The van der Waals surface area contributed by atoms with E-state index in [-0.39, 0.29) is 19.4 Å². The summed E-state index contributed by atoms with van der Waals surface area (Å²) in [6, 6.07) is -5.04. The number of hydrogen-bond acceptors (Lipinski definition) is 8. The van der Waals surface area contributed by atoms with Crippen molar-refractivity contribution >= 4 is 47.3 Å². The maximum Gasteiger partial charge on any atom is 0.326 e. The normalized spacial score (nSPS) is 18.3. The molecular weight excluding hydrogens is 446 g/mol. The Kier molecular flexibility index (Phi) is 10.9. The van der Waals surface area contributed by atoms with E-state index in [1.807, 2.05) is 0 Å². The summed E-state index contributed by atoms with van der Waals surface area (Å²) in [5, 5.41) is 23.1. The number of rotatable bonds is 13. The van der Waals surface area contributed by atoms with Crippen molar-refractivity contribution in [3.63, 3.8) is 0 Å². The monoisotopic (exact) mass is 475 g/mol. The van der Waals surface area contributed by atoms with E-state index in [2.05, 4.69) is 10.6 Å². The highest BCUT2D eigenvalue weighted by atomic mass is 32.2. The number of carbonyl (C=O) groups excluding carboxylic acids is 4. The zero-order valence-corrected chi connectivity index (χ0v) is 18.4. The highest BCUT2D eigenvalue weighted by Crippen LogP contribution is 2.20. The molecule has 0 saturated carbocycles. The zero-order valence-electron chi connectivity index (χ0n) is 17.6. The third kappa shape index (κ3) is 8.34. The van der Waals surface area contributed by atoms with Crippen LogP contribution in [0.4, 0.5) is 0 Å². The van der Waals surface area contributed by atoms with E-state index < -0.39 is 72.6 Å². The number of likely N-dealkylation sites (tertiary alicyclic amines) is 1. The molecule has 4 amide bonds. The number of carboxylic acid groups (broad SMARTS) is 2. The predicted octanol–water partition coefficient (Wildman–Crippen LogP) is -2.54. The van der Waals surface area contributed by atoms with Crippen LogP contribution in [0.3, 0.4) is 0 Å². The van der Waals surface area contributed by atoms with Gasteiger partial charge in [0.15, 0.2) is 0 Å². The second kappa shape index (κ2) is 12.9. The highest BCUT2D eigenvalue weighted by molar-refractivity contribution is 7.98. The number of carbonyl (C=O) groups is 6. The Morgan fingerprint density at radius 1 is 1.09 bits per heavy atom. The second-order valence-electron chi connectivity index (χ2n) is 7.31. The molecule has 4 atom stereocenters. The number of amides is 4. The lowest BCUT2D eigenvalue weighted by atomic mass is 10.1. The third-order valence-electron chi connectivity index (χ3n) is 4.81. The van der Waals surface area contributed by atoms with E-state index in [0.717, 1.165) is 4.90 Å².